The van der Waals surface area contributed by atoms with Gasteiger partial charge in [-0.1, -0.05) is 6.55 Å². The van der Waals surface area contributed by atoms with Crippen LogP contribution in [0.15, 0.2) is 25.0 Å². The third-order valence-electron chi connectivity index (χ3n) is 5.76. The van der Waals surface area contributed by atoms with Crippen molar-refractivity contribution in [2.24, 2.45) is 25.0 Å². The van der Waals surface area contributed by atoms with Gasteiger partial charge in [-0.25, -0.2) is 0 Å². The summed E-state index contributed by atoms with van der Waals surface area (Å²) >= 11 is 9.80. The molecule has 29 heavy (non-hydrogen) atoms. The molecule has 0 N–H and O–H groups in total. The summed E-state index contributed by atoms with van der Waals surface area (Å²) in [6.07, 6.45) is 0. The maximum atomic E-state index is 5.12. The number of thioether (sulfide) groups is 5. The molecule has 0 amide bonds. The molecule has 0 spiro atoms. The minimum absolute atomic E-state index is 0.252. The quantitative estimate of drug-likeness (QED) is 0.494. The SMILES string of the molecule is C[Si](CC1=NCCS1)(C1=NCCS1)C(C1=NCCS1)(C1=NCCS1)C1=NCCS1. The Kier molecular flexibility index (Phi) is 6.61. The highest BCUT2D eigenvalue weighted by Crippen LogP contribution is 2.58. The summed E-state index contributed by atoms with van der Waals surface area (Å²) in [6, 6.07) is 1.04. The minimum Gasteiger partial charge on any atom is -0.287 e. The molecule has 11 heteroatoms. The van der Waals surface area contributed by atoms with Gasteiger partial charge in [-0.05, 0) is 6.04 Å². The Morgan fingerprint density at radius 1 is 0.655 bits per heavy atom. The zero-order valence-corrected chi connectivity index (χ0v) is 21.6. The van der Waals surface area contributed by atoms with E-state index in [9.17, 15) is 0 Å². The molecule has 0 fully saturated rings. The predicted molar refractivity (Wildman–Crippen MR) is 143 cm³/mol. The Bertz CT molecular complexity index is 779. The number of rotatable bonds is 7. The highest BCUT2D eigenvalue weighted by molar-refractivity contribution is 8.22. The zero-order chi connectivity index (χ0) is 19.7. The van der Waals surface area contributed by atoms with Gasteiger partial charge in [-0.3, -0.25) is 25.0 Å². The van der Waals surface area contributed by atoms with Crippen molar-refractivity contribution < 1.29 is 0 Å². The van der Waals surface area contributed by atoms with Crippen LogP contribution in [0, 0.1) is 0 Å². The van der Waals surface area contributed by atoms with Crippen LogP contribution in [0.4, 0.5) is 0 Å². The molecule has 0 bridgehead atoms. The van der Waals surface area contributed by atoms with E-state index in [0.29, 0.717) is 0 Å². The Labute approximate surface area is 194 Å². The maximum Gasteiger partial charge on any atom is 0.150 e. The molecule has 0 aromatic rings. The van der Waals surface area contributed by atoms with Gasteiger partial charge in [0.15, 0.2) is 0 Å². The lowest BCUT2D eigenvalue weighted by molar-refractivity contribution is 1.11. The van der Waals surface area contributed by atoms with Gasteiger partial charge in [-0.15, -0.1) is 58.8 Å². The highest BCUT2D eigenvalue weighted by atomic mass is 32.2. The average Bonchev–Trinajstić information content (AvgIpc) is 3.57. The van der Waals surface area contributed by atoms with Crippen molar-refractivity contribution in [3.05, 3.63) is 0 Å². The van der Waals surface area contributed by atoms with Crippen LogP contribution in [-0.2, 0) is 0 Å². The van der Waals surface area contributed by atoms with Crippen LogP contribution in [0.1, 0.15) is 0 Å². The van der Waals surface area contributed by atoms with Crippen LogP contribution in [-0.4, -0.2) is 94.4 Å². The summed E-state index contributed by atoms with van der Waals surface area (Å²) in [7, 11) is -2.25. The molecular weight excluding hydrogens is 475 g/mol. The van der Waals surface area contributed by atoms with Crippen LogP contribution in [0.5, 0.6) is 0 Å². The van der Waals surface area contributed by atoms with Crippen LogP contribution >= 0.6 is 58.8 Å². The summed E-state index contributed by atoms with van der Waals surface area (Å²) in [5, 5.41) is 4.93. The fraction of sp³-hybridized carbons (Fsp3) is 0.722. The van der Waals surface area contributed by atoms with E-state index >= 15 is 0 Å². The maximum absolute atomic E-state index is 5.12. The summed E-state index contributed by atoms with van der Waals surface area (Å²) in [6.45, 7) is 7.19. The second-order valence-corrected chi connectivity index (χ2v) is 17.6. The molecule has 156 valence electrons. The lowest BCUT2D eigenvalue weighted by Crippen LogP contribution is -2.61. The van der Waals surface area contributed by atoms with Crippen LogP contribution in [0.25, 0.3) is 0 Å². The van der Waals surface area contributed by atoms with Crippen LogP contribution < -0.4 is 0 Å². The van der Waals surface area contributed by atoms with Crippen molar-refractivity contribution in [3.63, 3.8) is 0 Å². The first kappa shape index (κ1) is 21.2. The number of hydrogen-bond donors (Lipinski definition) is 0. The molecule has 0 aliphatic carbocycles. The fourth-order valence-electron chi connectivity index (χ4n) is 4.49. The molecular formula is C18H25N5S5Si. The van der Waals surface area contributed by atoms with Crippen molar-refractivity contribution in [2.75, 3.05) is 61.5 Å². The molecule has 0 radical (unpaired) electrons. The summed E-state index contributed by atoms with van der Waals surface area (Å²) < 4.78 is 1.40. The first-order chi connectivity index (χ1) is 14.2. The van der Waals surface area contributed by atoms with Crippen LogP contribution in [0.3, 0.4) is 0 Å². The number of aliphatic imine (C=N–C) groups is 5. The third kappa shape index (κ3) is 3.65. The second kappa shape index (κ2) is 9.05. The third-order valence-corrected chi connectivity index (χ3v) is 17.9. The first-order valence-corrected chi connectivity index (χ1v) is 17.8. The van der Waals surface area contributed by atoms with Gasteiger partial charge in [0.2, 0.25) is 0 Å². The van der Waals surface area contributed by atoms with Gasteiger partial charge >= 0.3 is 0 Å². The Morgan fingerprint density at radius 3 is 1.55 bits per heavy atom. The van der Waals surface area contributed by atoms with E-state index in [1.807, 2.05) is 58.8 Å². The molecule has 1 unspecified atom stereocenters. The van der Waals surface area contributed by atoms with Gasteiger partial charge in [0, 0.05) is 61.5 Å². The normalized spacial score (nSPS) is 26.9. The number of nitrogens with zero attached hydrogens (tertiary/aromatic N) is 5. The van der Waals surface area contributed by atoms with Crippen molar-refractivity contribution in [1.82, 2.24) is 0 Å². The van der Waals surface area contributed by atoms with Crippen molar-refractivity contribution >= 4 is 91.7 Å². The standard InChI is InChI=1S/C18H25N5S5Si/c1-29(17-23-6-11-28-17,12-13-19-2-7-24-13)18(14-20-3-8-25-14,15-21-4-9-26-15)16-22-5-10-27-16/h2-12H2,1H3. The van der Waals surface area contributed by atoms with Gasteiger partial charge in [0.1, 0.15) is 13.1 Å². The topological polar surface area (TPSA) is 61.8 Å². The Morgan fingerprint density at radius 2 is 1.14 bits per heavy atom. The van der Waals surface area contributed by atoms with Gasteiger partial charge in [-0.2, -0.15) is 0 Å². The molecule has 0 saturated carbocycles. The molecule has 5 heterocycles. The molecule has 0 aromatic carbocycles. The monoisotopic (exact) mass is 499 g/mol. The van der Waals surface area contributed by atoms with Crippen LogP contribution in [0.2, 0.25) is 17.6 Å². The van der Waals surface area contributed by atoms with E-state index in [1.54, 1.807) is 0 Å². The molecule has 1 atom stereocenters. The Hall–Kier alpha value is 0.317. The van der Waals surface area contributed by atoms with Crippen molar-refractivity contribution in [2.45, 2.75) is 17.6 Å². The second-order valence-electron chi connectivity index (χ2n) is 7.52. The molecule has 5 nitrogen and oxygen atoms in total. The number of hydrogen-bond acceptors (Lipinski definition) is 10. The van der Waals surface area contributed by atoms with Gasteiger partial charge in [0.25, 0.3) is 0 Å². The highest BCUT2D eigenvalue weighted by Gasteiger charge is 2.64. The molecule has 5 aliphatic rings. The summed E-state index contributed by atoms with van der Waals surface area (Å²) in [4.78, 5) is 25.4. The molecule has 0 aromatic heterocycles. The minimum atomic E-state index is -2.25. The molecule has 5 aliphatic heterocycles. The van der Waals surface area contributed by atoms with E-state index < -0.39 is 8.07 Å². The van der Waals surface area contributed by atoms with Gasteiger partial charge < -0.3 is 0 Å². The zero-order valence-electron chi connectivity index (χ0n) is 16.6. The average molecular weight is 500 g/mol. The van der Waals surface area contributed by atoms with E-state index in [4.69, 9.17) is 25.0 Å². The van der Waals surface area contributed by atoms with E-state index in [2.05, 4.69) is 6.55 Å². The molecule has 5 rings (SSSR count). The van der Waals surface area contributed by atoms with Gasteiger partial charge in [0.05, 0.1) is 24.8 Å². The Balaban J connectivity index is 1.73. The van der Waals surface area contributed by atoms with E-state index in [-0.39, 0.29) is 5.04 Å². The summed E-state index contributed by atoms with van der Waals surface area (Å²) in [5.74, 6) is 5.45. The first-order valence-electron chi connectivity index (χ1n) is 10.1. The fourth-order valence-corrected chi connectivity index (χ4v) is 18.5. The van der Waals surface area contributed by atoms with E-state index in [0.717, 1.165) is 67.5 Å². The smallest absolute Gasteiger partial charge is 0.150 e. The summed E-state index contributed by atoms with van der Waals surface area (Å²) in [5.41, 5.74) is 0. The van der Waals surface area contributed by atoms with E-state index in [1.165, 1.54) is 24.8 Å². The lowest BCUT2D eigenvalue weighted by Gasteiger charge is -2.46. The predicted octanol–water partition coefficient (Wildman–Crippen LogP) is 4.07. The molecule has 0 saturated heterocycles. The largest absolute Gasteiger partial charge is 0.287 e. The lowest BCUT2D eigenvalue weighted by atomic mass is 10.1. The van der Waals surface area contributed by atoms with Crippen molar-refractivity contribution in [3.8, 4) is 0 Å². The van der Waals surface area contributed by atoms with Crippen molar-refractivity contribution in [1.29, 1.82) is 0 Å².